The summed E-state index contributed by atoms with van der Waals surface area (Å²) in [7, 11) is 0. The molecule has 2 fully saturated rings. The highest BCUT2D eigenvalue weighted by molar-refractivity contribution is 5.56. The molecule has 0 aliphatic carbocycles. The molecule has 0 bridgehead atoms. The number of aromatic nitrogens is 5. The van der Waals surface area contributed by atoms with Gasteiger partial charge in [0.25, 0.3) is 0 Å². The molecule has 1 aromatic carbocycles. The molecule has 6 rings (SSSR count). The van der Waals surface area contributed by atoms with Crippen LogP contribution in [0.1, 0.15) is 29.1 Å². The minimum Gasteiger partial charge on any atom is -0.381 e. The molecule has 0 amide bonds. The van der Waals surface area contributed by atoms with E-state index in [0.717, 1.165) is 50.1 Å². The number of hydrogen-bond acceptors (Lipinski definition) is 8. The van der Waals surface area contributed by atoms with Gasteiger partial charge in [0.05, 0.1) is 6.61 Å². The van der Waals surface area contributed by atoms with Gasteiger partial charge in [0.2, 0.25) is 0 Å². The van der Waals surface area contributed by atoms with Crippen LogP contribution in [0.25, 0.3) is 11.5 Å². The van der Waals surface area contributed by atoms with Crippen molar-refractivity contribution in [2.75, 3.05) is 31.6 Å². The maximum atomic E-state index is 5.59. The Bertz CT molecular complexity index is 1340. The van der Waals surface area contributed by atoms with Gasteiger partial charge in [-0.05, 0) is 48.7 Å². The molecule has 3 aromatic heterocycles. The number of hydrogen-bond donors (Lipinski definition) is 1. The molecular formula is C28H29N7O. The van der Waals surface area contributed by atoms with Gasteiger partial charge in [-0.1, -0.05) is 30.3 Å². The van der Waals surface area contributed by atoms with E-state index in [4.69, 9.17) is 9.72 Å². The lowest BCUT2D eigenvalue weighted by molar-refractivity contribution is -0.0123. The second-order valence-electron chi connectivity index (χ2n) is 9.85. The Morgan fingerprint density at radius 2 is 1.67 bits per heavy atom. The standard InChI is InChI=1S/C28H29N7O/c1-20-3-2-4-23(31-20)27-30-13-10-25(34-27)32-24-9-12-29-26(33-24)15-21-5-7-22(8-6-21)16-35-17-28(18-35)11-14-36-19-28/h2-10,12-13H,11,14-19H2,1H3,(H,29,30,32,33,34). The van der Waals surface area contributed by atoms with Crippen LogP contribution in [0, 0.1) is 12.3 Å². The monoisotopic (exact) mass is 479 g/mol. The summed E-state index contributed by atoms with van der Waals surface area (Å²) in [4.78, 5) is 25.2. The van der Waals surface area contributed by atoms with E-state index < -0.39 is 0 Å². The van der Waals surface area contributed by atoms with Crippen molar-refractivity contribution in [1.82, 2.24) is 29.8 Å². The van der Waals surface area contributed by atoms with Gasteiger partial charge < -0.3 is 10.1 Å². The highest BCUT2D eigenvalue weighted by Crippen LogP contribution is 2.38. The maximum absolute atomic E-state index is 5.59. The normalized spacial score (nSPS) is 16.7. The molecule has 0 unspecified atom stereocenters. The Morgan fingerprint density at radius 1 is 0.889 bits per heavy atom. The van der Waals surface area contributed by atoms with Gasteiger partial charge in [-0.25, -0.2) is 24.9 Å². The molecule has 0 atom stereocenters. The van der Waals surface area contributed by atoms with Crippen molar-refractivity contribution in [3.63, 3.8) is 0 Å². The van der Waals surface area contributed by atoms with Gasteiger partial charge in [0, 0.05) is 56.2 Å². The summed E-state index contributed by atoms with van der Waals surface area (Å²) in [5.74, 6) is 2.69. The number of pyridine rings is 1. The molecule has 182 valence electrons. The lowest BCUT2D eigenvalue weighted by atomic mass is 9.79. The van der Waals surface area contributed by atoms with Crippen molar-refractivity contribution in [3.8, 4) is 11.5 Å². The Morgan fingerprint density at radius 3 is 2.44 bits per heavy atom. The lowest BCUT2D eigenvalue weighted by Gasteiger charge is -2.47. The number of nitrogens with one attached hydrogen (secondary N) is 1. The van der Waals surface area contributed by atoms with Crippen LogP contribution in [0.4, 0.5) is 11.6 Å². The van der Waals surface area contributed by atoms with E-state index in [1.165, 1.54) is 17.5 Å². The van der Waals surface area contributed by atoms with Crippen molar-refractivity contribution >= 4 is 11.6 Å². The predicted molar refractivity (Wildman–Crippen MR) is 138 cm³/mol. The SMILES string of the molecule is Cc1cccc(-c2nccc(Nc3ccnc(Cc4ccc(CN5CC6(CCOC6)C5)cc4)n3)n2)n1. The fourth-order valence-electron chi connectivity index (χ4n) is 5.02. The van der Waals surface area contributed by atoms with E-state index in [-0.39, 0.29) is 0 Å². The lowest BCUT2D eigenvalue weighted by Crippen LogP contribution is -2.55. The summed E-state index contributed by atoms with van der Waals surface area (Å²) < 4.78 is 5.59. The van der Waals surface area contributed by atoms with Crippen LogP contribution in [0.3, 0.4) is 0 Å². The fourth-order valence-corrected chi connectivity index (χ4v) is 5.02. The topological polar surface area (TPSA) is 89.0 Å². The number of rotatable bonds is 7. The molecule has 5 heterocycles. The molecule has 8 heteroatoms. The van der Waals surface area contributed by atoms with E-state index in [9.17, 15) is 0 Å². The zero-order valence-electron chi connectivity index (χ0n) is 20.4. The molecule has 1 spiro atoms. The van der Waals surface area contributed by atoms with Crippen LogP contribution in [-0.4, -0.2) is 56.1 Å². The number of anilines is 2. The van der Waals surface area contributed by atoms with Gasteiger partial charge in [0.15, 0.2) is 5.82 Å². The largest absolute Gasteiger partial charge is 0.381 e. The van der Waals surface area contributed by atoms with Crippen molar-refractivity contribution < 1.29 is 4.74 Å². The molecule has 0 saturated carbocycles. The first-order valence-electron chi connectivity index (χ1n) is 12.4. The van der Waals surface area contributed by atoms with Gasteiger partial charge in [0.1, 0.15) is 23.2 Å². The summed E-state index contributed by atoms with van der Waals surface area (Å²) in [6, 6.07) is 18.3. The zero-order chi connectivity index (χ0) is 24.4. The molecular weight excluding hydrogens is 450 g/mol. The van der Waals surface area contributed by atoms with Gasteiger partial charge in [-0.15, -0.1) is 0 Å². The molecule has 0 radical (unpaired) electrons. The maximum Gasteiger partial charge on any atom is 0.180 e. The van der Waals surface area contributed by atoms with E-state index in [0.29, 0.717) is 29.3 Å². The summed E-state index contributed by atoms with van der Waals surface area (Å²) >= 11 is 0. The number of nitrogens with zero attached hydrogens (tertiary/aromatic N) is 6. The van der Waals surface area contributed by atoms with Crippen molar-refractivity contribution in [2.24, 2.45) is 5.41 Å². The van der Waals surface area contributed by atoms with E-state index in [1.54, 1.807) is 12.4 Å². The highest BCUT2D eigenvalue weighted by Gasteiger charge is 2.45. The first-order chi connectivity index (χ1) is 17.6. The third-order valence-corrected chi connectivity index (χ3v) is 6.83. The molecule has 8 nitrogen and oxygen atoms in total. The van der Waals surface area contributed by atoms with Crippen LogP contribution in [-0.2, 0) is 17.7 Å². The van der Waals surface area contributed by atoms with E-state index >= 15 is 0 Å². The molecule has 2 aliphatic rings. The Balaban J connectivity index is 1.08. The first-order valence-corrected chi connectivity index (χ1v) is 12.4. The Kier molecular flexibility index (Phi) is 6.13. The number of ether oxygens (including phenoxy) is 1. The minimum atomic E-state index is 0.432. The van der Waals surface area contributed by atoms with Crippen LogP contribution < -0.4 is 5.32 Å². The van der Waals surface area contributed by atoms with Crippen molar-refractivity contribution in [1.29, 1.82) is 0 Å². The van der Waals surface area contributed by atoms with Gasteiger partial charge >= 0.3 is 0 Å². The highest BCUT2D eigenvalue weighted by atomic mass is 16.5. The zero-order valence-corrected chi connectivity index (χ0v) is 20.4. The Labute approximate surface area is 210 Å². The van der Waals surface area contributed by atoms with Gasteiger partial charge in [-0.2, -0.15) is 0 Å². The first kappa shape index (κ1) is 22.7. The predicted octanol–water partition coefficient (Wildman–Crippen LogP) is 4.19. The van der Waals surface area contributed by atoms with Crippen LogP contribution >= 0.6 is 0 Å². The third-order valence-electron chi connectivity index (χ3n) is 6.83. The van der Waals surface area contributed by atoms with Crippen molar-refractivity contribution in [2.45, 2.75) is 26.3 Å². The minimum absolute atomic E-state index is 0.432. The average molecular weight is 480 g/mol. The summed E-state index contributed by atoms with van der Waals surface area (Å²) in [6.45, 7) is 7.10. The second-order valence-corrected chi connectivity index (χ2v) is 9.85. The van der Waals surface area contributed by atoms with E-state index in [1.807, 2.05) is 37.3 Å². The summed E-state index contributed by atoms with van der Waals surface area (Å²) in [6.07, 6.45) is 5.37. The summed E-state index contributed by atoms with van der Waals surface area (Å²) in [5.41, 5.74) is 4.63. The average Bonchev–Trinajstić information content (AvgIpc) is 3.36. The molecule has 1 N–H and O–H groups in total. The van der Waals surface area contributed by atoms with E-state index in [2.05, 4.69) is 54.4 Å². The molecule has 2 aliphatic heterocycles. The second kappa shape index (κ2) is 9.72. The smallest absolute Gasteiger partial charge is 0.180 e. The number of likely N-dealkylation sites (tertiary alicyclic amines) is 1. The number of benzene rings is 1. The fraction of sp³-hybridized carbons (Fsp3) is 0.321. The molecule has 2 saturated heterocycles. The molecule has 4 aromatic rings. The van der Waals surface area contributed by atoms with Crippen LogP contribution in [0.2, 0.25) is 0 Å². The van der Waals surface area contributed by atoms with Crippen LogP contribution in [0.5, 0.6) is 0 Å². The summed E-state index contributed by atoms with van der Waals surface area (Å²) in [5, 5.41) is 3.27. The molecule has 36 heavy (non-hydrogen) atoms. The third kappa shape index (κ3) is 5.10. The quantitative estimate of drug-likeness (QED) is 0.422. The number of aryl methyl sites for hydroxylation is 1. The van der Waals surface area contributed by atoms with Crippen molar-refractivity contribution in [3.05, 3.63) is 89.6 Å². The Hall–Kier alpha value is -3.75. The van der Waals surface area contributed by atoms with Gasteiger partial charge in [-0.3, -0.25) is 4.90 Å². The van der Waals surface area contributed by atoms with Crippen LogP contribution in [0.15, 0.2) is 67.0 Å².